The van der Waals surface area contributed by atoms with Crippen molar-refractivity contribution in [2.45, 2.75) is 30.2 Å². The summed E-state index contributed by atoms with van der Waals surface area (Å²) in [6.45, 7) is 4.03. The third kappa shape index (κ3) is 9.73. The first-order chi connectivity index (χ1) is 21.5. The Morgan fingerprint density at radius 3 is 2.18 bits per heavy atom. The van der Waals surface area contributed by atoms with Crippen LogP contribution in [0, 0.1) is 0 Å². The number of alkyl halides is 3. The number of nitrogens with one attached hydrogen (secondary N) is 3. The van der Waals surface area contributed by atoms with Crippen molar-refractivity contribution in [3.63, 3.8) is 0 Å². The largest absolute Gasteiger partial charge is 0.494 e. The van der Waals surface area contributed by atoms with Crippen molar-refractivity contribution in [1.29, 1.82) is 0 Å². The summed E-state index contributed by atoms with van der Waals surface area (Å²) in [4.78, 5) is 39.5. The third-order valence-corrected chi connectivity index (χ3v) is 7.39. The highest BCUT2D eigenvalue weighted by Crippen LogP contribution is 2.31. The van der Waals surface area contributed by atoms with Gasteiger partial charge in [-0.25, -0.2) is 0 Å². The van der Waals surface area contributed by atoms with Crippen LogP contribution in [0.1, 0.15) is 35.3 Å². The van der Waals surface area contributed by atoms with E-state index in [1.165, 1.54) is 23.9 Å². The van der Waals surface area contributed by atoms with E-state index < -0.39 is 34.7 Å². The quantitative estimate of drug-likeness (QED) is 0.117. The van der Waals surface area contributed by atoms with Gasteiger partial charge in [-0.3, -0.25) is 14.4 Å². The molecule has 0 saturated carbocycles. The van der Waals surface area contributed by atoms with E-state index in [0.29, 0.717) is 34.1 Å². The van der Waals surface area contributed by atoms with Crippen molar-refractivity contribution in [2.24, 2.45) is 0 Å². The lowest BCUT2D eigenvalue weighted by Gasteiger charge is -2.14. The smallest absolute Gasteiger partial charge is 0.416 e. The lowest BCUT2D eigenvalue weighted by atomic mass is 10.1. The molecule has 0 aliphatic rings. The zero-order valence-electron chi connectivity index (χ0n) is 24.4. The summed E-state index contributed by atoms with van der Waals surface area (Å²) >= 11 is 1.20. The predicted octanol–water partition coefficient (Wildman–Crippen LogP) is 7.63. The third-order valence-electron chi connectivity index (χ3n) is 6.28. The molecule has 0 heterocycles. The number of ether oxygens (including phenoxy) is 1. The van der Waals surface area contributed by atoms with Crippen LogP contribution in [0.25, 0.3) is 6.08 Å². The molecule has 0 aromatic heterocycles. The topological polar surface area (TPSA) is 96.5 Å². The van der Waals surface area contributed by atoms with E-state index in [2.05, 4.69) is 16.0 Å². The molecule has 4 aromatic rings. The average Bonchev–Trinajstić information content (AvgIpc) is 3.02. The number of hydrogen-bond acceptors (Lipinski definition) is 5. The van der Waals surface area contributed by atoms with Gasteiger partial charge in [0.15, 0.2) is 0 Å². The molecule has 4 aromatic carbocycles. The van der Waals surface area contributed by atoms with Gasteiger partial charge in [0.05, 0.1) is 17.4 Å². The van der Waals surface area contributed by atoms with Crippen LogP contribution in [0.3, 0.4) is 0 Å². The molecule has 0 spiro atoms. The number of carbonyl (C=O) groups excluding carboxylic acids is 3. The molecule has 0 aliphatic carbocycles. The monoisotopic (exact) mass is 633 g/mol. The Labute approximate surface area is 262 Å². The molecule has 4 rings (SSSR count). The highest BCUT2D eigenvalue weighted by atomic mass is 32.2. The van der Waals surface area contributed by atoms with E-state index >= 15 is 0 Å². The Balaban J connectivity index is 1.42. The lowest BCUT2D eigenvalue weighted by molar-refractivity contribution is -0.137. The number of carbonyl (C=O) groups is 3. The van der Waals surface area contributed by atoms with Crippen LogP contribution in [-0.4, -0.2) is 29.6 Å². The minimum Gasteiger partial charge on any atom is -0.494 e. The van der Waals surface area contributed by atoms with E-state index in [-0.39, 0.29) is 11.4 Å². The molecular formula is C34H30F3N3O4S. The van der Waals surface area contributed by atoms with Gasteiger partial charge in [-0.1, -0.05) is 36.4 Å². The molecule has 1 atom stereocenters. The molecule has 0 radical (unpaired) electrons. The van der Waals surface area contributed by atoms with Crippen molar-refractivity contribution in [2.75, 3.05) is 17.2 Å². The summed E-state index contributed by atoms with van der Waals surface area (Å²) in [6.07, 6.45) is -2.96. The maximum absolute atomic E-state index is 13.3. The average molecular weight is 634 g/mol. The summed E-state index contributed by atoms with van der Waals surface area (Å²) < 4.78 is 44.5. The highest BCUT2D eigenvalue weighted by molar-refractivity contribution is 8.00. The predicted molar refractivity (Wildman–Crippen MR) is 170 cm³/mol. The number of thioether (sulfide) groups is 1. The van der Waals surface area contributed by atoms with Crippen molar-refractivity contribution in [3.05, 3.63) is 126 Å². The van der Waals surface area contributed by atoms with E-state index in [0.717, 1.165) is 12.1 Å². The second-order valence-electron chi connectivity index (χ2n) is 9.69. The fourth-order valence-electron chi connectivity index (χ4n) is 4.03. The van der Waals surface area contributed by atoms with Crippen LogP contribution in [0.4, 0.5) is 24.5 Å². The van der Waals surface area contributed by atoms with Crippen LogP contribution >= 0.6 is 11.8 Å². The zero-order chi connectivity index (χ0) is 32.4. The molecule has 0 bridgehead atoms. The molecule has 3 amide bonds. The van der Waals surface area contributed by atoms with Crippen LogP contribution in [-0.2, 0) is 15.8 Å². The van der Waals surface area contributed by atoms with E-state index in [4.69, 9.17) is 4.74 Å². The normalized spacial score (nSPS) is 12.2. The Bertz CT molecular complexity index is 1660. The fourth-order valence-corrected chi connectivity index (χ4v) is 4.89. The van der Waals surface area contributed by atoms with Gasteiger partial charge in [-0.15, -0.1) is 11.8 Å². The first-order valence-corrected chi connectivity index (χ1v) is 14.8. The van der Waals surface area contributed by atoms with Crippen molar-refractivity contribution in [1.82, 2.24) is 5.32 Å². The summed E-state index contributed by atoms with van der Waals surface area (Å²) in [6, 6.07) is 26.7. The van der Waals surface area contributed by atoms with E-state index in [9.17, 15) is 27.6 Å². The summed E-state index contributed by atoms with van der Waals surface area (Å²) in [5.41, 5.74) is 0.712. The Hall–Kier alpha value is -5.03. The molecule has 45 heavy (non-hydrogen) atoms. The van der Waals surface area contributed by atoms with Crippen molar-refractivity contribution < 1.29 is 32.3 Å². The van der Waals surface area contributed by atoms with Gasteiger partial charge < -0.3 is 20.7 Å². The van der Waals surface area contributed by atoms with Crippen LogP contribution in [0.15, 0.2) is 114 Å². The second kappa shape index (κ2) is 15.1. The number of benzene rings is 4. The van der Waals surface area contributed by atoms with Gasteiger partial charge in [0.25, 0.3) is 11.8 Å². The number of amides is 3. The van der Waals surface area contributed by atoms with Gasteiger partial charge >= 0.3 is 6.18 Å². The Morgan fingerprint density at radius 2 is 1.53 bits per heavy atom. The molecule has 1 unspecified atom stereocenters. The lowest BCUT2D eigenvalue weighted by Crippen LogP contribution is -2.30. The molecule has 11 heteroatoms. The molecule has 232 valence electrons. The maximum Gasteiger partial charge on any atom is 0.416 e. The number of anilines is 2. The molecule has 3 N–H and O–H groups in total. The fraction of sp³-hybridized carbons (Fsp3) is 0.147. The van der Waals surface area contributed by atoms with Gasteiger partial charge in [-0.2, -0.15) is 13.2 Å². The van der Waals surface area contributed by atoms with Gasteiger partial charge in [0, 0.05) is 21.8 Å². The summed E-state index contributed by atoms with van der Waals surface area (Å²) in [5, 5.41) is 7.36. The Kier molecular flexibility index (Phi) is 11.0. The minimum atomic E-state index is -4.52. The second-order valence-corrected chi connectivity index (χ2v) is 11.1. The first-order valence-electron chi connectivity index (χ1n) is 13.9. The van der Waals surface area contributed by atoms with Crippen LogP contribution < -0.4 is 20.7 Å². The molecule has 0 saturated heterocycles. The SMILES string of the molecule is CCOc1ccc(/C=C(\NC(=O)c2ccccc2)C(=O)Nc2ccc(SC(C)C(=O)Nc3cccc(C(F)(F)F)c3)cc2)cc1. The number of hydrogen-bond donors (Lipinski definition) is 3. The Morgan fingerprint density at radius 1 is 0.844 bits per heavy atom. The maximum atomic E-state index is 13.3. The molecule has 0 aliphatic heterocycles. The van der Waals surface area contributed by atoms with Gasteiger partial charge in [0.1, 0.15) is 11.4 Å². The zero-order valence-corrected chi connectivity index (χ0v) is 25.2. The van der Waals surface area contributed by atoms with E-state index in [1.54, 1.807) is 91.9 Å². The van der Waals surface area contributed by atoms with Crippen molar-refractivity contribution >= 4 is 46.9 Å². The van der Waals surface area contributed by atoms with Crippen LogP contribution in [0.5, 0.6) is 5.75 Å². The van der Waals surface area contributed by atoms with Gasteiger partial charge in [0.2, 0.25) is 5.91 Å². The van der Waals surface area contributed by atoms with Crippen LogP contribution in [0.2, 0.25) is 0 Å². The van der Waals surface area contributed by atoms with Crippen molar-refractivity contribution in [3.8, 4) is 5.75 Å². The van der Waals surface area contributed by atoms with E-state index in [1.807, 2.05) is 6.92 Å². The number of halogens is 3. The highest BCUT2D eigenvalue weighted by Gasteiger charge is 2.30. The molecular weight excluding hydrogens is 603 g/mol. The molecule has 0 fully saturated rings. The first kappa shape index (κ1) is 32.9. The standard InChI is InChI=1S/C34H30F3N3O4S/c1-3-44-28-16-12-23(13-17-28)20-30(40-32(42)24-8-5-4-6-9-24)33(43)38-26-14-18-29(19-15-26)45-22(2)31(41)39-27-11-7-10-25(21-27)34(35,36)37/h4-22H,3H2,1-2H3,(H,38,43)(H,39,41)(H,40,42)/b30-20-. The summed E-state index contributed by atoms with van der Waals surface area (Å²) in [5.74, 6) is -0.793. The summed E-state index contributed by atoms with van der Waals surface area (Å²) in [7, 11) is 0. The minimum absolute atomic E-state index is 0.0198. The molecule has 7 nitrogen and oxygen atoms in total. The van der Waals surface area contributed by atoms with Gasteiger partial charge in [-0.05, 0) is 92.2 Å². The number of rotatable bonds is 11.